The molecule has 0 saturated carbocycles. The van der Waals surface area contributed by atoms with Crippen molar-refractivity contribution >= 4 is 31.7 Å². The van der Waals surface area contributed by atoms with Gasteiger partial charge in [0.15, 0.2) is 8.32 Å². The number of thiocarbonyl (C=S) groups is 1. The molecular formula is C18H30N2O4SSi. The van der Waals surface area contributed by atoms with Gasteiger partial charge < -0.3 is 13.9 Å². The van der Waals surface area contributed by atoms with Crippen LogP contribution in [0.2, 0.25) is 18.1 Å². The molecule has 0 aliphatic heterocycles. The SMILES string of the molecule is CCOC(=O)/C=C/C[C@@H](CO[Si](C)(C)C(C)(C)C)OC(=S)n1ccnc1. The van der Waals surface area contributed by atoms with Gasteiger partial charge in [-0.15, -0.1) is 0 Å². The van der Waals surface area contributed by atoms with Gasteiger partial charge in [-0.3, -0.25) is 4.57 Å². The number of aromatic nitrogens is 2. The van der Waals surface area contributed by atoms with Crippen LogP contribution in [-0.2, 0) is 18.7 Å². The fourth-order valence-electron chi connectivity index (χ4n) is 1.74. The first-order valence-electron chi connectivity index (χ1n) is 8.73. The van der Waals surface area contributed by atoms with Crippen molar-refractivity contribution in [2.45, 2.75) is 58.4 Å². The minimum Gasteiger partial charge on any atom is -0.464 e. The zero-order valence-corrected chi connectivity index (χ0v) is 18.3. The highest BCUT2D eigenvalue weighted by atomic mass is 32.1. The largest absolute Gasteiger partial charge is 0.464 e. The zero-order valence-electron chi connectivity index (χ0n) is 16.5. The fourth-order valence-corrected chi connectivity index (χ4v) is 3.02. The lowest BCUT2D eigenvalue weighted by atomic mass is 10.2. The van der Waals surface area contributed by atoms with Gasteiger partial charge in [-0.1, -0.05) is 26.8 Å². The topological polar surface area (TPSA) is 62.6 Å². The Morgan fingerprint density at radius 2 is 2.08 bits per heavy atom. The van der Waals surface area contributed by atoms with Crippen LogP contribution in [0, 0.1) is 0 Å². The molecule has 1 atom stereocenters. The average molecular weight is 399 g/mol. The summed E-state index contributed by atoms with van der Waals surface area (Å²) in [7, 11) is -1.92. The summed E-state index contributed by atoms with van der Waals surface area (Å²) in [5.41, 5.74) is 0. The minimum absolute atomic E-state index is 0.100. The Bertz CT molecular complexity index is 609. The third-order valence-electron chi connectivity index (χ3n) is 4.36. The number of hydrogen-bond donors (Lipinski definition) is 0. The zero-order chi connectivity index (χ0) is 19.8. The Labute approximate surface area is 162 Å². The van der Waals surface area contributed by atoms with E-state index in [0.29, 0.717) is 24.8 Å². The summed E-state index contributed by atoms with van der Waals surface area (Å²) in [6, 6.07) is 0. The molecule has 0 N–H and O–H groups in total. The second-order valence-corrected chi connectivity index (χ2v) is 12.6. The average Bonchev–Trinajstić information content (AvgIpc) is 3.06. The Balaban J connectivity index is 2.74. The van der Waals surface area contributed by atoms with E-state index in [1.807, 2.05) is 0 Å². The first kappa shape index (κ1) is 22.5. The second-order valence-electron chi connectivity index (χ2n) is 7.44. The molecule has 0 spiro atoms. The third kappa shape index (κ3) is 7.39. The van der Waals surface area contributed by atoms with Crippen molar-refractivity contribution in [3.8, 4) is 0 Å². The van der Waals surface area contributed by atoms with Crippen molar-refractivity contribution in [1.29, 1.82) is 0 Å². The van der Waals surface area contributed by atoms with Gasteiger partial charge in [0.05, 0.1) is 13.2 Å². The molecule has 0 saturated heterocycles. The van der Waals surface area contributed by atoms with Gasteiger partial charge in [0.25, 0.3) is 5.17 Å². The Hall–Kier alpha value is -1.51. The molecule has 1 aromatic heterocycles. The maximum Gasteiger partial charge on any atom is 0.330 e. The molecule has 0 aliphatic carbocycles. The van der Waals surface area contributed by atoms with E-state index in [9.17, 15) is 4.79 Å². The molecule has 146 valence electrons. The number of hydrogen-bond acceptors (Lipinski definition) is 6. The summed E-state index contributed by atoms with van der Waals surface area (Å²) in [4.78, 5) is 15.4. The summed E-state index contributed by atoms with van der Waals surface area (Å²) in [5.74, 6) is -0.367. The number of imidazole rings is 1. The van der Waals surface area contributed by atoms with Crippen LogP contribution in [-0.4, -0.2) is 48.3 Å². The van der Waals surface area contributed by atoms with Crippen LogP contribution in [0.1, 0.15) is 34.1 Å². The van der Waals surface area contributed by atoms with Crippen molar-refractivity contribution < 1.29 is 18.7 Å². The summed E-state index contributed by atoms with van der Waals surface area (Å²) in [6.45, 7) is 13.5. The van der Waals surface area contributed by atoms with Crippen LogP contribution >= 0.6 is 12.2 Å². The monoisotopic (exact) mass is 398 g/mol. The number of ether oxygens (including phenoxy) is 2. The van der Waals surface area contributed by atoms with Crippen molar-refractivity contribution in [2.75, 3.05) is 13.2 Å². The predicted molar refractivity (Wildman–Crippen MR) is 109 cm³/mol. The Morgan fingerprint density at radius 3 is 2.62 bits per heavy atom. The fraction of sp³-hybridized carbons (Fsp3) is 0.611. The number of nitrogens with zero attached hydrogens (tertiary/aromatic N) is 2. The molecule has 1 rings (SSSR count). The molecule has 1 heterocycles. The standard InChI is InChI=1S/C18H30N2O4SSi/c1-7-22-16(21)10-8-9-15(13-23-26(5,6)18(2,3)4)24-17(25)20-12-11-19-14-20/h8,10-12,14-15H,7,9,13H2,1-6H3/b10-8+/t15-/m0/s1. The maximum absolute atomic E-state index is 11.5. The summed E-state index contributed by atoms with van der Waals surface area (Å²) in [6.07, 6.45) is 8.27. The van der Waals surface area contributed by atoms with Gasteiger partial charge in [0.1, 0.15) is 12.4 Å². The van der Waals surface area contributed by atoms with Crippen LogP contribution in [0.3, 0.4) is 0 Å². The Kier molecular flexibility index (Phi) is 8.65. The normalized spacial score (nSPS) is 13.6. The third-order valence-corrected chi connectivity index (χ3v) is 9.17. The van der Waals surface area contributed by atoms with Gasteiger partial charge in [-0.25, -0.2) is 9.78 Å². The molecule has 0 radical (unpaired) electrons. The molecule has 1 aromatic rings. The molecule has 0 unspecified atom stereocenters. The number of carbonyl (C=O) groups excluding carboxylic acids is 1. The minimum atomic E-state index is -1.92. The number of rotatable bonds is 8. The molecule has 26 heavy (non-hydrogen) atoms. The van der Waals surface area contributed by atoms with Gasteiger partial charge in [-0.05, 0) is 37.3 Å². The summed E-state index contributed by atoms with van der Waals surface area (Å²) >= 11 is 5.32. The number of carbonyl (C=O) groups is 1. The van der Waals surface area contributed by atoms with Gasteiger partial charge in [-0.2, -0.15) is 0 Å². The smallest absolute Gasteiger partial charge is 0.330 e. The maximum atomic E-state index is 11.5. The van der Waals surface area contributed by atoms with Crippen LogP contribution in [0.4, 0.5) is 0 Å². The van der Waals surface area contributed by atoms with Gasteiger partial charge in [0, 0.05) is 24.9 Å². The predicted octanol–water partition coefficient (Wildman–Crippen LogP) is 3.93. The molecule has 0 aliphatic rings. The van der Waals surface area contributed by atoms with E-state index in [0.717, 1.165) is 0 Å². The first-order chi connectivity index (χ1) is 12.1. The molecule has 0 amide bonds. The molecule has 8 heteroatoms. The van der Waals surface area contributed by atoms with Crippen LogP contribution < -0.4 is 0 Å². The van der Waals surface area contributed by atoms with Gasteiger partial charge >= 0.3 is 5.97 Å². The molecule has 0 aromatic carbocycles. The van der Waals surface area contributed by atoms with E-state index >= 15 is 0 Å². The van der Waals surface area contributed by atoms with Crippen molar-refractivity contribution in [3.63, 3.8) is 0 Å². The quantitative estimate of drug-likeness (QED) is 0.286. The summed E-state index contributed by atoms with van der Waals surface area (Å²) in [5, 5.41) is 0.402. The Morgan fingerprint density at radius 1 is 1.38 bits per heavy atom. The lowest BCUT2D eigenvalue weighted by Gasteiger charge is -2.37. The van der Waals surface area contributed by atoms with Gasteiger partial charge in [0.2, 0.25) is 0 Å². The number of esters is 1. The van der Waals surface area contributed by atoms with E-state index in [1.54, 1.807) is 36.3 Å². The molecule has 0 bridgehead atoms. The highest BCUT2D eigenvalue weighted by molar-refractivity contribution is 7.80. The molecule has 6 nitrogen and oxygen atoms in total. The van der Waals surface area contributed by atoms with Crippen molar-refractivity contribution in [1.82, 2.24) is 9.55 Å². The highest BCUT2D eigenvalue weighted by Gasteiger charge is 2.37. The second kappa shape index (κ2) is 9.99. The van der Waals surface area contributed by atoms with Crippen LogP contribution in [0.25, 0.3) is 0 Å². The first-order valence-corrected chi connectivity index (χ1v) is 12.0. The van der Waals surface area contributed by atoms with Crippen molar-refractivity contribution in [2.24, 2.45) is 0 Å². The van der Waals surface area contributed by atoms with Crippen molar-refractivity contribution in [3.05, 3.63) is 30.9 Å². The highest BCUT2D eigenvalue weighted by Crippen LogP contribution is 2.36. The molecule has 0 fully saturated rings. The van der Waals surface area contributed by atoms with E-state index in [2.05, 4.69) is 38.8 Å². The van der Waals surface area contributed by atoms with E-state index < -0.39 is 8.32 Å². The van der Waals surface area contributed by atoms with E-state index in [-0.39, 0.29) is 17.1 Å². The van der Waals surface area contributed by atoms with Crippen LogP contribution in [0.5, 0.6) is 0 Å². The van der Waals surface area contributed by atoms with Crippen LogP contribution in [0.15, 0.2) is 30.9 Å². The summed E-state index contributed by atoms with van der Waals surface area (Å²) < 4.78 is 18.7. The lowest BCUT2D eigenvalue weighted by molar-refractivity contribution is -0.137. The molecular weight excluding hydrogens is 368 g/mol. The lowest BCUT2D eigenvalue weighted by Crippen LogP contribution is -2.43. The van der Waals surface area contributed by atoms with E-state index in [4.69, 9.17) is 26.1 Å². The van der Waals surface area contributed by atoms with E-state index in [1.165, 1.54) is 6.08 Å².